The van der Waals surface area contributed by atoms with Crippen LogP contribution < -0.4 is 4.72 Å². The van der Waals surface area contributed by atoms with E-state index < -0.39 is 10.0 Å². The number of hydrogen-bond donors (Lipinski definition) is 1. The van der Waals surface area contributed by atoms with E-state index >= 15 is 0 Å². The van der Waals surface area contributed by atoms with Crippen LogP contribution in [0.15, 0.2) is 54.6 Å². The zero-order chi connectivity index (χ0) is 16.0. The van der Waals surface area contributed by atoms with Gasteiger partial charge in [-0.1, -0.05) is 54.6 Å². The van der Waals surface area contributed by atoms with Crippen LogP contribution >= 0.6 is 0 Å². The number of aryl methyl sites for hydroxylation is 1. The standard InChI is InChI=1S/C17H21NO3S/c1-14-8-6-7-11-16(14)17(21-2)12-18-22(19,20)13-15-9-4-3-5-10-15/h3-11,17-18H,12-13H2,1-2H3/t17-/m0/s1. The highest BCUT2D eigenvalue weighted by Gasteiger charge is 2.17. The van der Waals surface area contributed by atoms with Crippen molar-refractivity contribution in [1.29, 1.82) is 0 Å². The largest absolute Gasteiger partial charge is 0.375 e. The van der Waals surface area contributed by atoms with Crippen LogP contribution in [0.5, 0.6) is 0 Å². The first kappa shape index (κ1) is 16.7. The smallest absolute Gasteiger partial charge is 0.215 e. The van der Waals surface area contributed by atoms with Gasteiger partial charge in [0.05, 0.1) is 11.9 Å². The van der Waals surface area contributed by atoms with E-state index in [1.807, 2.05) is 49.4 Å². The number of nitrogens with one attached hydrogen (secondary N) is 1. The first-order valence-corrected chi connectivity index (χ1v) is 8.76. The maximum atomic E-state index is 12.2. The molecule has 0 amide bonds. The van der Waals surface area contributed by atoms with Gasteiger partial charge in [0.1, 0.15) is 0 Å². The van der Waals surface area contributed by atoms with Gasteiger partial charge >= 0.3 is 0 Å². The summed E-state index contributed by atoms with van der Waals surface area (Å²) in [6.45, 7) is 2.20. The number of rotatable bonds is 7. The predicted molar refractivity (Wildman–Crippen MR) is 88.0 cm³/mol. The summed E-state index contributed by atoms with van der Waals surface area (Å²) in [5, 5.41) is 0. The molecule has 0 aliphatic rings. The van der Waals surface area contributed by atoms with E-state index in [4.69, 9.17) is 4.74 Å². The summed E-state index contributed by atoms with van der Waals surface area (Å²) in [6.07, 6.45) is -0.299. The van der Waals surface area contributed by atoms with Crippen LogP contribution in [0.4, 0.5) is 0 Å². The van der Waals surface area contributed by atoms with Crippen LogP contribution in [0.1, 0.15) is 22.8 Å². The van der Waals surface area contributed by atoms with Crippen LogP contribution in [0, 0.1) is 6.92 Å². The monoisotopic (exact) mass is 319 g/mol. The molecule has 2 aromatic carbocycles. The lowest BCUT2D eigenvalue weighted by atomic mass is 10.0. The van der Waals surface area contributed by atoms with Crippen molar-refractivity contribution in [3.8, 4) is 0 Å². The van der Waals surface area contributed by atoms with Gasteiger partial charge in [-0.25, -0.2) is 13.1 Å². The molecule has 1 N–H and O–H groups in total. The van der Waals surface area contributed by atoms with Crippen molar-refractivity contribution in [2.75, 3.05) is 13.7 Å². The Bertz CT molecular complexity index is 699. The van der Waals surface area contributed by atoms with Gasteiger partial charge in [0.25, 0.3) is 0 Å². The van der Waals surface area contributed by atoms with Gasteiger partial charge in [-0.2, -0.15) is 0 Å². The summed E-state index contributed by atoms with van der Waals surface area (Å²) in [6, 6.07) is 16.9. The fraction of sp³-hybridized carbons (Fsp3) is 0.294. The van der Waals surface area contributed by atoms with Crippen LogP contribution in [0.25, 0.3) is 0 Å². The summed E-state index contributed by atoms with van der Waals surface area (Å²) < 4.78 is 32.4. The third-order valence-electron chi connectivity index (χ3n) is 3.51. The molecule has 0 unspecified atom stereocenters. The summed E-state index contributed by atoms with van der Waals surface area (Å²) in [4.78, 5) is 0. The van der Waals surface area contributed by atoms with Gasteiger partial charge in [0, 0.05) is 13.7 Å². The molecule has 2 aromatic rings. The van der Waals surface area contributed by atoms with Crippen molar-refractivity contribution < 1.29 is 13.2 Å². The fourth-order valence-electron chi connectivity index (χ4n) is 2.32. The van der Waals surface area contributed by atoms with Crippen molar-refractivity contribution in [3.05, 3.63) is 71.3 Å². The van der Waals surface area contributed by atoms with E-state index in [2.05, 4.69) is 4.72 Å². The molecule has 0 aliphatic carbocycles. The summed E-state index contributed by atoms with van der Waals surface area (Å²) in [5.74, 6) is -0.0297. The van der Waals surface area contributed by atoms with Crippen LogP contribution in [0.3, 0.4) is 0 Å². The quantitative estimate of drug-likeness (QED) is 0.854. The van der Waals surface area contributed by atoms with Gasteiger partial charge in [0.15, 0.2) is 0 Å². The average molecular weight is 319 g/mol. The Kier molecular flexibility index (Phi) is 5.71. The molecular weight excluding hydrogens is 298 g/mol. The minimum absolute atomic E-state index is 0.0297. The number of hydrogen-bond acceptors (Lipinski definition) is 3. The minimum Gasteiger partial charge on any atom is -0.375 e. The molecule has 0 spiro atoms. The SMILES string of the molecule is CO[C@@H](CNS(=O)(=O)Cc1ccccc1)c1ccccc1C. The summed E-state index contributed by atoms with van der Waals surface area (Å²) in [5.41, 5.74) is 2.84. The summed E-state index contributed by atoms with van der Waals surface area (Å²) >= 11 is 0. The highest BCUT2D eigenvalue weighted by atomic mass is 32.2. The zero-order valence-corrected chi connectivity index (χ0v) is 13.6. The molecule has 22 heavy (non-hydrogen) atoms. The molecule has 118 valence electrons. The Balaban J connectivity index is 2.02. The van der Waals surface area contributed by atoms with Crippen molar-refractivity contribution in [2.45, 2.75) is 18.8 Å². The lowest BCUT2D eigenvalue weighted by Crippen LogP contribution is -2.30. The Hall–Kier alpha value is -1.69. The normalized spacial score (nSPS) is 13.0. The van der Waals surface area contributed by atoms with Gasteiger partial charge in [-0.15, -0.1) is 0 Å². The third kappa shape index (κ3) is 4.66. The van der Waals surface area contributed by atoms with E-state index in [1.54, 1.807) is 19.2 Å². The molecule has 5 heteroatoms. The van der Waals surface area contributed by atoms with E-state index in [-0.39, 0.29) is 18.4 Å². The van der Waals surface area contributed by atoms with Crippen molar-refractivity contribution in [1.82, 2.24) is 4.72 Å². The van der Waals surface area contributed by atoms with Gasteiger partial charge < -0.3 is 4.74 Å². The van der Waals surface area contributed by atoms with E-state index in [1.165, 1.54) is 0 Å². The fourth-order valence-corrected chi connectivity index (χ4v) is 3.45. The second kappa shape index (κ2) is 7.54. The first-order chi connectivity index (χ1) is 10.5. The Morgan fingerprint density at radius 2 is 1.68 bits per heavy atom. The maximum absolute atomic E-state index is 12.2. The Labute approximate surface area is 132 Å². The lowest BCUT2D eigenvalue weighted by Gasteiger charge is -2.18. The zero-order valence-electron chi connectivity index (χ0n) is 12.8. The molecular formula is C17H21NO3S. The topological polar surface area (TPSA) is 55.4 Å². The first-order valence-electron chi connectivity index (χ1n) is 7.11. The van der Waals surface area contributed by atoms with E-state index in [9.17, 15) is 8.42 Å². The summed E-state index contributed by atoms with van der Waals surface area (Å²) in [7, 11) is -1.80. The predicted octanol–water partition coefficient (Wildman–Crippen LogP) is 2.80. The second-order valence-electron chi connectivity index (χ2n) is 5.17. The number of benzene rings is 2. The molecule has 4 nitrogen and oxygen atoms in total. The molecule has 0 aliphatic heterocycles. The van der Waals surface area contributed by atoms with E-state index in [0.717, 1.165) is 16.7 Å². The highest BCUT2D eigenvalue weighted by Crippen LogP contribution is 2.20. The number of sulfonamides is 1. The number of methoxy groups -OCH3 is 1. The second-order valence-corrected chi connectivity index (χ2v) is 6.98. The Morgan fingerprint density at radius 1 is 1.05 bits per heavy atom. The van der Waals surface area contributed by atoms with E-state index in [0.29, 0.717) is 0 Å². The lowest BCUT2D eigenvalue weighted by molar-refractivity contribution is 0.107. The van der Waals surface area contributed by atoms with Gasteiger partial charge in [-0.3, -0.25) is 0 Å². The van der Waals surface area contributed by atoms with Crippen molar-refractivity contribution >= 4 is 10.0 Å². The number of ether oxygens (including phenoxy) is 1. The molecule has 0 saturated heterocycles. The third-order valence-corrected chi connectivity index (χ3v) is 4.83. The van der Waals surface area contributed by atoms with Crippen LogP contribution in [-0.4, -0.2) is 22.1 Å². The molecule has 0 bridgehead atoms. The molecule has 2 rings (SSSR count). The Morgan fingerprint density at radius 3 is 2.32 bits per heavy atom. The minimum atomic E-state index is -3.39. The maximum Gasteiger partial charge on any atom is 0.215 e. The molecule has 0 saturated carbocycles. The van der Waals surface area contributed by atoms with Crippen LogP contribution in [-0.2, 0) is 20.5 Å². The van der Waals surface area contributed by atoms with Crippen molar-refractivity contribution in [3.63, 3.8) is 0 Å². The average Bonchev–Trinajstić information content (AvgIpc) is 2.50. The van der Waals surface area contributed by atoms with Crippen molar-refractivity contribution in [2.24, 2.45) is 0 Å². The van der Waals surface area contributed by atoms with Gasteiger partial charge in [0.2, 0.25) is 10.0 Å². The molecule has 0 radical (unpaired) electrons. The molecule has 1 atom stereocenters. The van der Waals surface area contributed by atoms with Gasteiger partial charge in [-0.05, 0) is 23.6 Å². The van der Waals surface area contributed by atoms with Crippen LogP contribution in [0.2, 0.25) is 0 Å². The molecule has 0 fully saturated rings. The molecule has 0 heterocycles. The molecule has 0 aromatic heterocycles. The highest BCUT2D eigenvalue weighted by molar-refractivity contribution is 7.88.